The molecule has 0 aromatic carbocycles. The number of hydrogen-bond donors (Lipinski definition) is 2. The topological polar surface area (TPSA) is 15.3 Å². The van der Waals surface area contributed by atoms with Gasteiger partial charge >= 0.3 is 0 Å². The van der Waals surface area contributed by atoms with Crippen molar-refractivity contribution in [2.75, 3.05) is 19.6 Å². The minimum absolute atomic E-state index is 0.407. The third-order valence-electron chi connectivity index (χ3n) is 1.93. The molecular weight excluding hydrogens is 144 g/mol. The standard InChI is InChI=1S/C7H16N2S/c1-6-5-9(7(2)10)4-3-8-6/h6-8,10H,3-5H2,1-2H3/t6-,7?/m0/s1. The van der Waals surface area contributed by atoms with Crippen LogP contribution in [0.4, 0.5) is 0 Å². The van der Waals surface area contributed by atoms with Gasteiger partial charge in [0, 0.05) is 31.0 Å². The SMILES string of the molecule is CC(S)N1CCN[C@@H](C)C1. The van der Waals surface area contributed by atoms with Gasteiger partial charge in [-0.25, -0.2) is 0 Å². The first-order chi connectivity index (χ1) is 4.70. The molecule has 0 aliphatic carbocycles. The van der Waals surface area contributed by atoms with Gasteiger partial charge in [0.2, 0.25) is 0 Å². The van der Waals surface area contributed by atoms with E-state index in [2.05, 4.69) is 36.7 Å². The van der Waals surface area contributed by atoms with E-state index in [1.807, 2.05) is 0 Å². The molecule has 1 fully saturated rings. The highest BCUT2D eigenvalue weighted by molar-refractivity contribution is 7.80. The lowest BCUT2D eigenvalue weighted by Gasteiger charge is -2.34. The predicted octanol–water partition coefficient (Wildman–Crippen LogP) is 0.556. The zero-order valence-electron chi connectivity index (χ0n) is 6.67. The molecule has 2 nitrogen and oxygen atoms in total. The Morgan fingerprint density at radius 3 is 2.80 bits per heavy atom. The number of nitrogens with zero attached hydrogens (tertiary/aromatic N) is 1. The summed E-state index contributed by atoms with van der Waals surface area (Å²) in [4.78, 5) is 2.38. The first-order valence-corrected chi connectivity index (χ1v) is 4.37. The Labute approximate surface area is 68.4 Å². The fourth-order valence-electron chi connectivity index (χ4n) is 1.30. The molecule has 1 unspecified atom stereocenters. The minimum atomic E-state index is 0.407. The number of hydrogen-bond acceptors (Lipinski definition) is 3. The van der Waals surface area contributed by atoms with Gasteiger partial charge in [-0.15, -0.1) is 0 Å². The average molecular weight is 160 g/mol. The van der Waals surface area contributed by atoms with Crippen molar-refractivity contribution < 1.29 is 0 Å². The fraction of sp³-hybridized carbons (Fsp3) is 1.00. The van der Waals surface area contributed by atoms with Crippen LogP contribution in [0.5, 0.6) is 0 Å². The van der Waals surface area contributed by atoms with Gasteiger partial charge in [0.15, 0.2) is 0 Å². The van der Waals surface area contributed by atoms with Crippen LogP contribution in [0.15, 0.2) is 0 Å². The van der Waals surface area contributed by atoms with Crippen molar-refractivity contribution in [3.8, 4) is 0 Å². The quantitative estimate of drug-likeness (QED) is 0.545. The minimum Gasteiger partial charge on any atom is -0.312 e. The van der Waals surface area contributed by atoms with Crippen molar-refractivity contribution in [3.63, 3.8) is 0 Å². The van der Waals surface area contributed by atoms with E-state index in [0.29, 0.717) is 11.4 Å². The van der Waals surface area contributed by atoms with Gasteiger partial charge in [-0.2, -0.15) is 12.6 Å². The predicted molar refractivity (Wildman–Crippen MR) is 47.5 cm³/mol. The van der Waals surface area contributed by atoms with Gasteiger partial charge in [0.1, 0.15) is 0 Å². The van der Waals surface area contributed by atoms with Gasteiger partial charge in [-0.3, -0.25) is 4.90 Å². The van der Waals surface area contributed by atoms with Crippen LogP contribution in [-0.4, -0.2) is 35.9 Å². The van der Waals surface area contributed by atoms with Crippen molar-refractivity contribution in [1.82, 2.24) is 10.2 Å². The van der Waals surface area contributed by atoms with Crippen LogP contribution in [0, 0.1) is 0 Å². The fourth-order valence-corrected chi connectivity index (χ4v) is 1.51. The van der Waals surface area contributed by atoms with E-state index in [4.69, 9.17) is 0 Å². The van der Waals surface area contributed by atoms with Crippen LogP contribution >= 0.6 is 12.6 Å². The first-order valence-electron chi connectivity index (χ1n) is 3.85. The molecule has 10 heavy (non-hydrogen) atoms. The van der Waals surface area contributed by atoms with Gasteiger partial charge in [-0.05, 0) is 13.8 Å². The van der Waals surface area contributed by atoms with E-state index in [1.165, 1.54) is 0 Å². The van der Waals surface area contributed by atoms with Crippen LogP contribution < -0.4 is 5.32 Å². The number of piperazine rings is 1. The highest BCUT2D eigenvalue weighted by Crippen LogP contribution is 2.06. The molecule has 0 amide bonds. The van der Waals surface area contributed by atoms with Crippen LogP contribution in [0.3, 0.4) is 0 Å². The van der Waals surface area contributed by atoms with E-state index in [-0.39, 0.29) is 0 Å². The molecule has 0 spiro atoms. The lowest BCUT2D eigenvalue weighted by molar-refractivity contribution is 0.202. The number of thiol groups is 1. The molecule has 60 valence electrons. The molecule has 3 heteroatoms. The van der Waals surface area contributed by atoms with E-state index in [9.17, 15) is 0 Å². The molecule has 0 aromatic rings. The molecule has 1 aliphatic heterocycles. The maximum Gasteiger partial charge on any atom is 0.0500 e. The first kappa shape index (κ1) is 8.37. The van der Waals surface area contributed by atoms with Crippen molar-refractivity contribution in [2.24, 2.45) is 0 Å². The molecule has 2 atom stereocenters. The van der Waals surface area contributed by atoms with E-state index in [0.717, 1.165) is 19.6 Å². The zero-order valence-corrected chi connectivity index (χ0v) is 7.56. The van der Waals surface area contributed by atoms with Crippen LogP contribution in [0.1, 0.15) is 13.8 Å². The Morgan fingerprint density at radius 2 is 2.40 bits per heavy atom. The lowest BCUT2D eigenvalue weighted by Crippen LogP contribution is -2.50. The summed E-state index contributed by atoms with van der Waals surface area (Å²) in [7, 11) is 0. The molecule has 0 radical (unpaired) electrons. The molecule has 1 saturated heterocycles. The Morgan fingerprint density at radius 1 is 1.70 bits per heavy atom. The summed E-state index contributed by atoms with van der Waals surface area (Å²) in [6, 6.07) is 0.628. The van der Waals surface area contributed by atoms with Crippen molar-refractivity contribution in [1.29, 1.82) is 0 Å². The van der Waals surface area contributed by atoms with E-state index < -0.39 is 0 Å². The normalized spacial score (nSPS) is 32.1. The Hall–Kier alpha value is 0.270. The molecule has 0 saturated carbocycles. The largest absolute Gasteiger partial charge is 0.312 e. The van der Waals surface area contributed by atoms with Crippen molar-refractivity contribution >= 4 is 12.6 Å². The highest BCUT2D eigenvalue weighted by Gasteiger charge is 2.17. The molecule has 1 heterocycles. The second kappa shape index (κ2) is 3.60. The molecular formula is C7H16N2S. The van der Waals surface area contributed by atoms with Gasteiger partial charge < -0.3 is 5.32 Å². The monoisotopic (exact) mass is 160 g/mol. The van der Waals surface area contributed by atoms with Crippen LogP contribution in [0.25, 0.3) is 0 Å². The third-order valence-corrected chi connectivity index (χ3v) is 2.26. The van der Waals surface area contributed by atoms with Crippen molar-refractivity contribution in [3.05, 3.63) is 0 Å². The van der Waals surface area contributed by atoms with Gasteiger partial charge in [-0.1, -0.05) is 0 Å². The Balaban J connectivity index is 2.32. The van der Waals surface area contributed by atoms with E-state index >= 15 is 0 Å². The summed E-state index contributed by atoms with van der Waals surface area (Å²) >= 11 is 4.38. The molecule has 0 aromatic heterocycles. The number of nitrogens with one attached hydrogen (secondary N) is 1. The lowest BCUT2D eigenvalue weighted by atomic mass is 10.2. The second-order valence-electron chi connectivity index (χ2n) is 2.98. The van der Waals surface area contributed by atoms with E-state index in [1.54, 1.807) is 0 Å². The zero-order chi connectivity index (χ0) is 7.56. The van der Waals surface area contributed by atoms with Gasteiger partial charge in [0.25, 0.3) is 0 Å². The third kappa shape index (κ3) is 2.15. The Kier molecular flexibility index (Phi) is 3.01. The summed E-state index contributed by atoms with van der Waals surface area (Å²) in [5.41, 5.74) is 0. The molecule has 1 N–H and O–H groups in total. The van der Waals surface area contributed by atoms with Gasteiger partial charge in [0.05, 0.1) is 0 Å². The summed E-state index contributed by atoms with van der Waals surface area (Å²) < 4.78 is 0. The summed E-state index contributed by atoms with van der Waals surface area (Å²) in [5, 5.41) is 3.80. The molecule has 1 aliphatic rings. The maximum atomic E-state index is 4.38. The summed E-state index contributed by atoms with van der Waals surface area (Å²) in [6.45, 7) is 7.70. The number of rotatable bonds is 1. The second-order valence-corrected chi connectivity index (χ2v) is 3.73. The maximum absolute atomic E-state index is 4.38. The van der Waals surface area contributed by atoms with Crippen molar-refractivity contribution in [2.45, 2.75) is 25.3 Å². The van der Waals surface area contributed by atoms with Crippen LogP contribution in [0.2, 0.25) is 0 Å². The molecule has 0 bridgehead atoms. The molecule has 1 rings (SSSR count). The van der Waals surface area contributed by atoms with Crippen LogP contribution in [-0.2, 0) is 0 Å². The summed E-state index contributed by atoms with van der Waals surface area (Å²) in [5.74, 6) is 0. The average Bonchev–Trinajstić information content (AvgIpc) is 1.88. The highest BCUT2D eigenvalue weighted by atomic mass is 32.1. The Bertz CT molecular complexity index is 106. The summed E-state index contributed by atoms with van der Waals surface area (Å²) in [6.07, 6.45) is 0. The smallest absolute Gasteiger partial charge is 0.0500 e.